The van der Waals surface area contributed by atoms with Crippen LogP contribution in [-0.2, 0) is 26.8 Å². The van der Waals surface area contributed by atoms with Crippen molar-refractivity contribution >= 4 is 5.82 Å². The molecule has 0 aliphatic carbocycles. The Balaban J connectivity index is 1.73. The van der Waals surface area contributed by atoms with Crippen molar-refractivity contribution in [2.45, 2.75) is 31.6 Å². The van der Waals surface area contributed by atoms with Crippen LogP contribution in [0.25, 0.3) is 0 Å². The second kappa shape index (κ2) is 8.59. The fourth-order valence-electron chi connectivity index (χ4n) is 4.08. The number of hydrogen-bond acceptors (Lipinski definition) is 5. The molecule has 0 unspecified atom stereocenters. The highest BCUT2D eigenvalue weighted by Gasteiger charge is 2.31. The van der Waals surface area contributed by atoms with Crippen LogP contribution in [-0.4, -0.2) is 40.2 Å². The molecule has 2 aromatic rings. The molecule has 0 amide bonds. The number of benzene rings is 1. The van der Waals surface area contributed by atoms with Crippen molar-refractivity contribution in [3.63, 3.8) is 0 Å². The standard InChI is InChI=1S/C21H24F3N5O2/c1-26(13-14-5-4-6-15(11-14)21(22,23)24)16-7-9-29(10-8-16)18-17(12-25)19(30)28(3)20(31)27(18)2/h4-6,11,16H,7-10,13H2,1-3H3. The number of alkyl halides is 3. The molecule has 31 heavy (non-hydrogen) atoms. The molecule has 10 heteroatoms. The lowest BCUT2D eigenvalue weighted by Crippen LogP contribution is -2.47. The summed E-state index contributed by atoms with van der Waals surface area (Å²) >= 11 is 0. The zero-order chi connectivity index (χ0) is 22.9. The molecule has 1 saturated heterocycles. The molecule has 0 atom stereocenters. The first-order valence-electron chi connectivity index (χ1n) is 9.86. The number of halogens is 3. The molecule has 0 saturated carbocycles. The van der Waals surface area contributed by atoms with Crippen LogP contribution in [0.3, 0.4) is 0 Å². The zero-order valence-electron chi connectivity index (χ0n) is 17.6. The maximum absolute atomic E-state index is 13.0. The van der Waals surface area contributed by atoms with E-state index in [-0.39, 0.29) is 11.6 Å². The highest BCUT2D eigenvalue weighted by Crippen LogP contribution is 2.30. The third-order valence-electron chi connectivity index (χ3n) is 5.82. The van der Waals surface area contributed by atoms with Crippen molar-refractivity contribution in [1.29, 1.82) is 5.26 Å². The predicted octanol–water partition coefficient (Wildman–Crippen LogP) is 2.08. The zero-order valence-corrected chi connectivity index (χ0v) is 17.6. The van der Waals surface area contributed by atoms with Gasteiger partial charge < -0.3 is 4.90 Å². The Hall–Kier alpha value is -3.06. The molecule has 1 aliphatic heterocycles. The molecule has 1 fully saturated rings. The Morgan fingerprint density at radius 3 is 2.39 bits per heavy atom. The van der Waals surface area contributed by atoms with Gasteiger partial charge in [0.1, 0.15) is 11.9 Å². The average molecular weight is 435 g/mol. The van der Waals surface area contributed by atoms with E-state index in [0.717, 1.165) is 10.6 Å². The number of rotatable bonds is 4. The molecule has 2 heterocycles. The normalized spacial score (nSPS) is 15.4. The van der Waals surface area contributed by atoms with Crippen molar-refractivity contribution in [2.24, 2.45) is 14.1 Å². The highest BCUT2D eigenvalue weighted by molar-refractivity contribution is 5.53. The van der Waals surface area contributed by atoms with E-state index in [2.05, 4.69) is 0 Å². The third kappa shape index (κ3) is 4.51. The monoisotopic (exact) mass is 435 g/mol. The van der Waals surface area contributed by atoms with E-state index < -0.39 is 23.0 Å². The van der Waals surface area contributed by atoms with Crippen LogP contribution in [0.4, 0.5) is 19.0 Å². The minimum atomic E-state index is -4.37. The number of anilines is 1. The largest absolute Gasteiger partial charge is 0.416 e. The average Bonchev–Trinajstić information content (AvgIpc) is 2.74. The van der Waals surface area contributed by atoms with Crippen LogP contribution in [0.15, 0.2) is 33.9 Å². The molecule has 1 aromatic carbocycles. The highest BCUT2D eigenvalue weighted by atomic mass is 19.4. The molecule has 3 rings (SSSR count). The lowest BCUT2D eigenvalue weighted by atomic mass is 10.0. The fraction of sp³-hybridized carbons (Fsp3) is 0.476. The summed E-state index contributed by atoms with van der Waals surface area (Å²) in [6.07, 6.45) is -3.01. The quantitative estimate of drug-likeness (QED) is 0.735. The van der Waals surface area contributed by atoms with Gasteiger partial charge in [-0.3, -0.25) is 18.8 Å². The molecule has 0 bridgehead atoms. The minimum Gasteiger partial charge on any atom is -0.357 e. The summed E-state index contributed by atoms with van der Waals surface area (Å²) in [6.45, 7) is 1.42. The van der Waals surface area contributed by atoms with Gasteiger partial charge >= 0.3 is 11.9 Å². The van der Waals surface area contributed by atoms with Gasteiger partial charge in [-0.1, -0.05) is 18.2 Å². The molecule has 0 N–H and O–H groups in total. The lowest BCUT2D eigenvalue weighted by molar-refractivity contribution is -0.137. The number of hydrogen-bond donors (Lipinski definition) is 0. The maximum Gasteiger partial charge on any atom is 0.416 e. The smallest absolute Gasteiger partial charge is 0.357 e. The van der Waals surface area contributed by atoms with E-state index in [1.54, 1.807) is 6.07 Å². The molecule has 0 spiro atoms. The van der Waals surface area contributed by atoms with Crippen molar-refractivity contribution in [2.75, 3.05) is 25.0 Å². The first kappa shape index (κ1) is 22.6. The van der Waals surface area contributed by atoms with Crippen LogP contribution in [0.1, 0.15) is 29.5 Å². The third-order valence-corrected chi connectivity index (χ3v) is 5.82. The molecule has 1 aliphatic rings. The second-order valence-corrected chi connectivity index (χ2v) is 7.85. The number of nitrogens with zero attached hydrogens (tertiary/aromatic N) is 5. The minimum absolute atomic E-state index is 0.0691. The van der Waals surface area contributed by atoms with Crippen LogP contribution < -0.4 is 16.1 Å². The molecule has 1 aromatic heterocycles. The lowest BCUT2D eigenvalue weighted by Gasteiger charge is -2.38. The van der Waals surface area contributed by atoms with Crippen LogP contribution in [0.5, 0.6) is 0 Å². The van der Waals surface area contributed by atoms with Gasteiger partial charge in [-0.25, -0.2) is 4.79 Å². The number of nitriles is 1. The SMILES string of the molecule is CN(Cc1cccc(C(F)(F)F)c1)C1CCN(c2c(C#N)c(=O)n(C)c(=O)n2C)CC1. The molecular weight excluding hydrogens is 411 g/mol. The first-order valence-corrected chi connectivity index (χ1v) is 9.86. The molecule has 0 radical (unpaired) electrons. The topological polar surface area (TPSA) is 74.3 Å². The van der Waals surface area contributed by atoms with Crippen LogP contribution in [0, 0.1) is 11.3 Å². The predicted molar refractivity (Wildman–Crippen MR) is 110 cm³/mol. The van der Waals surface area contributed by atoms with Gasteiger partial charge in [0.05, 0.1) is 5.56 Å². The Morgan fingerprint density at radius 2 is 1.81 bits per heavy atom. The van der Waals surface area contributed by atoms with Gasteiger partial charge in [0.2, 0.25) is 0 Å². The first-order chi connectivity index (χ1) is 14.5. The summed E-state index contributed by atoms with van der Waals surface area (Å²) in [5.41, 5.74) is -1.27. The van der Waals surface area contributed by atoms with Gasteiger partial charge in [-0.2, -0.15) is 18.4 Å². The van der Waals surface area contributed by atoms with Crippen molar-refractivity contribution in [3.8, 4) is 6.07 Å². The van der Waals surface area contributed by atoms with E-state index in [1.165, 1.54) is 30.8 Å². The van der Waals surface area contributed by atoms with E-state index in [4.69, 9.17) is 0 Å². The summed E-state index contributed by atoms with van der Waals surface area (Å²) < 4.78 is 41.1. The number of aromatic nitrogens is 2. The van der Waals surface area contributed by atoms with E-state index in [1.807, 2.05) is 22.9 Å². The Labute approximate surface area is 177 Å². The molecular formula is C21H24F3N5O2. The summed E-state index contributed by atoms with van der Waals surface area (Å²) in [6, 6.07) is 7.36. The van der Waals surface area contributed by atoms with Gasteiger partial charge in [-0.05, 0) is 31.5 Å². The van der Waals surface area contributed by atoms with E-state index in [0.29, 0.717) is 43.9 Å². The second-order valence-electron chi connectivity index (χ2n) is 7.85. The van der Waals surface area contributed by atoms with E-state index >= 15 is 0 Å². The van der Waals surface area contributed by atoms with E-state index in [9.17, 15) is 28.0 Å². The Bertz CT molecular complexity index is 1120. The van der Waals surface area contributed by atoms with Crippen LogP contribution in [0.2, 0.25) is 0 Å². The van der Waals surface area contributed by atoms with Crippen molar-refractivity contribution < 1.29 is 13.2 Å². The maximum atomic E-state index is 13.0. The molecule has 7 nitrogen and oxygen atoms in total. The Kier molecular flexibility index (Phi) is 6.27. The van der Waals surface area contributed by atoms with Crippen molar-refractivity contribution in [1.82, 2.24) is 14.0 Å². The van der Waals surface area contributed by atoms with Crippen LogP contribution >= 0.6 is 0 Å². The van der Waals surface area contributed by atoms with Gasteiger partial charge in [0, 0.05) is 39.8 Å². The summed E-state index contributed by atoms with van der Waals surface area (Å²) in [7, 11) is 4.74. The van der Waals surface area contributed by atoms with Gasteiger partial charge in [0.15, 0.2) is 5.56 Å². The van der Waals surface area contributed by atoms with Gasteiger partial charge in [0.25, 0.3) is 5.56 Å². The molecule has 166 valence electrons. The summed E-state index contributed by atoms with van der Waals surface area (Å²) in [5.74, 6) is 0.314. The Morgan fingerprint density at radius 1 is 1.16 bits per heavy atom. The fourth-order valence-corrected chi connectivity index (χ4v) is 4.08. The van der Waals surface area contributed by atoms with Gasteiger partial charge in [-0.15, -0.1) is 0 Å². The van der Waals surface area contributed by atoms with Crippen molar-refractivity contribution in [3.05, 3.63) is 61.8 Å². The summed E-state index contributed by atoms with van der Waals surface area (Å²) in [5, 5.41) is 9.46. The number of piperidine rings is 1. The summed E-state index contributed by atoms with van der Waals surface area (Å²) in [4.78, 5) is 28.5.